The van der Waals surface area contributed by atoms with Gasteiger partial charge in [-0.1, -0.05) is 30.3 Å². The normalized spacial score (nSPS) is 15.8. The number of nitrogens with zero attached hydrogens (tertiary/aromatic N) is 2. The van der Waals surface area contributed by atoms with Gasteiger partial charge in [0.15, 0.2) is 5.78 Å². The fourth-order valence-electron chi connectivity index (χ4n) is 4.47. The molecule has 1 aliphatic rings. The standard InChI is InChI=1S/C26H29N3O2/c1-29(2)14-6-9-23(30)20-16-22-25(24(31)17-20)21(15-18-7-4-3-5-8-18)26(28-22)19-10-12-27-13-11-19/h3-5,7-8,10-13,20,28H,6,9,14-17H2,1-2H3. The Kier molecular flexibility index (Phi) is 6.42. The zero-order chi connectivity index (χ0) is 21.8. The summed E-state index contributed by atoms with van der Waals surface area (Å²) in [5.74, 6) is 0.0518. The van der Waals surface area contributed by atoms with E-state index in [-0.39, 0.29) is 17.5 Å². The van der Waals surface area contributed by atoms with Crippen molar-refractivity contribution in [2.45, 2.75) is 32.1 Å². The molecule has 5 heteroatoms. The van der Waals surface area contributed by atoms with Crippen molar-refractivity contribution >= 4 is 11.6 Å². The lowest BCUT2D eigenvalue weighted by Crippen LogP contribution is -2.27. The van der Waals surface area contributed by atoms with E-state index < -0.39 is 0 Å². The molecule has 0 saturated carbocycles. The van der Waals surface area contributed by atoms with E-state index in [0.717, 1.165) is 46.6 Å². The number of Topliss-reactive ketones (excluding diaryl/α,β-unsaturated/α-hetero) is 2. The Morgan fingerprint density at radius 1 is 1.10 bits per heavy atom. The number of rotatable bonds is 8. The number of aromatic amines is 1. The van der Waals surface area contributed by atoms with Gasteiger partial charge in [0.05, 0.1) is 5.69 Å². The van der Waals surface area contributed by atoms with Gasteiger partial charge in [0.25, 0.3) is 0 Å². The zero-order valence-electron chi connectivity index (χ0n) is 18.2. The maximum atomic E-state index is 13.2. The summed E-state index contributed by atoms with van der Waals surface area (Å²) in [6.45, 7) is 0.883. The largest absolute Gasteiger partial charge is 0.358 e. The van der Waals surface area contributed by atoms with Gasteiger partial charge in [0, 0.05) is 54.4 Å². The van der Waals surface area contributed by atoms with Gasteiger partial charge in [0.1, 0.15) is 5.78 Å². The molecule has 1 aromatic carbocycles. The third-order valence-electron chi connectivity index (χ3n) is 6.02. The van der Waals surface area contributed by atoms with Gasteiger partial charge >= 0.3 is 0 Å². The summed E-state index contributed by atoms with van der Waals surface area (Å²) >= 11 is 0. The molecule has 4 rings (SSSR count). The second-order valence-electron chi connectivity index (χ2n) is 8.63. The molecule has 160 valence electrons. The first kappa shape index (κ1) is 21.2. The van der Waals surface area contributed by atoms with E-state index in [1.165, 1.54) is 0 Å². The minimum Gasteiger partial charge on any atom is -0.358 e. The van der Waals surface area contributed by atoms with Crippen molar-refractivity contribution in [3.63, 3.8) is 0 Å². The van der Waals surface area contributed by atoms with Gasteiger partial charge < -0.3 is 9.88 Å². The van der Waals surface area contributed by atoms with Gasteiger partial charge in [-0.15, -0.1) is 0 Å². The molecule has 5 nitrogen and oxygen atoms in total. The smallest absolute Gasteiger partial charge is 0.165 e. The molecule has 0 amide bonds. The van der Waals surface area contributed by atoms with Crippen molar-refractivity contribution < 1.29 is 9.59 Å². The third kappa shape index (κ3) is 4.83. The predicted molar refractivity (Wildman–Crippen MR) is 122 cm³/mol. The molecule has 0 fully saturated rings. The lowest BCUT2D eigenvalue weighted by molar-refractivity contribution is -0.123. The zero-order valence-corrected chi connectivity index (χ0v) is 18.2. The highest BCUT2D eigenvalue weighted by Crippen LogP contribution is 2.36. The molecular weight excluding hydrogens is 386 g/mol. The van der Waals surface area contributed by atoms with Gasteiger partial charge in [-0.3, -0.25) is 14.6 Å². The van der Waals surface area contributed by atoms with Crippen LogP contribution in [0.4, 0.5) is 0 Å². The van der Waals surface area contributed by atoms with Crippen LogP contribution in [0.3, 0.4) is 0 Å². The van der Waals surface area contributed by atoms with Crippen LogP contribution >= 0.6 is 0 Å². The van der Waals surface area contributed by atoms with Crippen LogP contribution in [0.15, 0.2) is 54.9 Å². The molecule has 1 aliphatic carbocycles. The number of fused-ring (bicyclic) bond motifs is 1. The first-order valence-electron chi connectivity index (χ1n) is 10.9. The maximum Gasteiger partial charge on any atom is 0.165 e. The SMILES string of the molecule is CN(C)CCCC(=O)C1CC(=O)c2c([nH]c(-c3ccncc3)c2Cc2ccccc2)C1. The highest BCUT2D eigenvalue weighted by Gasteiger charge is 2.34. The Morgan fingerprint density at radius 2 is 1.84 bits per heavy atom. The summed E-state index contributed by atoms with van der Waals surface area (Å²) < 4.78 is 0. The number of carbonyl (C=O) groups is 2. The Labute approximate surface area is 183 Å². The lowest BCUT2D eigenvalue weighted by Gasteiger charge is -2.21. The van der Waals surface area contributed by atoms with Crippen LogP contribution < -0.4 is 0 Å². The Hall–Kier alpha value is -3.05. The van der Waals surface area contributed by atoms with Crippen molar-refractivity contribution in [1.29, 1.82) is 0 Å². The highest BCUT2D eigenvalue weighted by atomic mass is 16.1. The second kappa shape index (κ2) is 9.40. The molecule has 0 spiro atoms. The second-order valence-corrected chi connectivity index (χ2v) is 8.63. The molecule has 31 heavy (non-hydrogen) atoms. The van der Waals surface area contributed by atoms with E-state index in [0.29, 0.717) is 25.7 Å². The van der Waals surface area contributed by atoms with E-state index in [1.54, 1.807) is 12.4 Å². The fourth-order valence-corrected chi connectivity index (χ4v) is 4.47. The van der Waals surface area contributed by atoms with Crippen LogP contribution in [-0.4, -0.2) is 47.1 Å². The van der Waals surface area contributed by atoms with E-state index >= 15 is 0 Å². The van der Waals surface area contributed by atoms with Crippen LogP contribution in [0.1, 0.15) is 46.4 Å². The van der Waals surface area contributed by atoms with Gasteiger partial charge in [-0.05, 0) is 56.7 Å². The first-order chi connectivity index (χ1) is 15.0. The maximum absolute atomic E-state index is 13.2. The van der Waals surface area contributed by atoms with Gasteiger partial charge in [0.2, 0.25) is 0 Å². The van der Waals surface area contributed by atoms with Crippen LogP contribution in [0.2, 0.25) is 0 Å². The van der Waals surface area contributed by atoms with Crippen LogP contribution in [-0.2, 0) is 17.6 Å². The molecule has 0 radical (unpaired) electrons. The van der Waals surface area contributed by atoms with Crippen molar-refractivity contribution in [2.24, 2.45) is 5.92 Å². The predicted octanol–water partition coefficient (Wildman–Crippen LogP) is 4.32. The van der Waals surface area contributed by atoms with E-state index in [2.05, 4.69) is 27.0 Å². The molecule has 1 N–H and O–H groups in total. The number of benzene rings is 1. The fraction of sp³-hybridized carbons (Fsp3) is 0.346. The van der Waals surface area contributed by atoms with Gasteiger partial charge in [-0.2, -0.15) is 0 Å². The summed E-state index contributed by atoms with van der Waals surface area (Å²) in [6.07, 6.45) is 6.48. The van der Waals surface area contributed by atoms with Gasteiger partial charge in [-0.25, -0.2) is 0 Å². The minimum atomic E-state index is -0.226. The molecule has 0 saturated heterocycles. The molecule has 1 unspecified atom stereocenters. The number of H-pyrrole nitrogens is 1. The number of carbonyl (C=O) groups excluding carboxylic acids is 2. The number of nitrogens with one attached hydrogen (secondary N) is 1. The molecule has 0 aliphatic heterocycles. The first-order valence-corrected chi connectivity index (χ1v) is 10.9. The molecule has 0 bridgehead atoms. The van der Waals surface area contributed by atoms with Crippen molar-refractivity contribution in [3.05, 3.63) is 77.2 Å². The third-order valence-corrected chi connectivity index (χ3v) is 6.02. The van der Waals surface area contributed by atoms with E-state index in [1.807, 2.05) is 44.4 Å². The van der Waals surface area contributed by atoms with Crippen LogP contribution in [0, 0.1) is 5.92 Å². The average Bonchev–Trinajstić information content (AvgIpc) is 3.13. The van der Waals surface area contributed by atoms with E-state index in [9.17, 15) is 9.59 Å². The molecular formula is C26H29N3O2. The highest BCUT2D eigenvalue weighted by molar-refractivity contribution is 6.04. The lowest BCUT2D eigenvalue weighted by atomic mass is 9.81. The Balaban J connectivity index is 1.65. The summed E-state index contributed by atoms with van der Waals surface area (Å²) in [5.41, 5.74) is 5.85. The van der Waals surface area contributed by atoms with Crippen molar-refractivity contribution in [3.8, 4) is 11.3 Å². The summed E-state index contributed by atoms with van der Waals surface area (Å²) in [4.78, 5) is 35.8. The summed E-state index contributed by atoms with van der Waals surface area (Å²) in [5, 5.41) is 0. The number of hydrogen-bond donors (Lipinski definition) is 1. The van der Waals surface area contributed by atoms with Crippen LogP contribution in [0.5, 0.6) is 0 Å². The molecule has 2 heterocycles. The number of pyridine rings is 1. The minimum absolute atomic E-state index is 0.0784. The van der Waals surface area contributed by atoms with Crippen molar-refractivity contribution in [1.82, 2.24) is 14.9 Å². The Morgan fingerprint density at radius 3 is 2.55 bits per heavy atom. The number of hydrogen-bond acceptors (Lipinski definition) is 4. The summed E-state index contributed by atoms with van der Waals surface area (Å²) in [7, 11) is 4.02. The number of ketones is 2. The topological polar surface area (TPSA) is 66.1 Å². The number of aromatic nitrogens is 2. The average molecular weight is 416 g/mol. The molecule has 1 atom stereocenters. The molecule has 2 aromatic heterocycles. The monoisotopic (exact) mass is 415 g/mol. The quantitative estimate of drug-likeness (QED) is 0.595. The Bertz CT molecular complexity index is 1060. The van der Waals surface area contributed by atoms with Crippen molar-refractivity contribution in [2.75, 3.05) is 20.6 Å². The molecule has 3 aromatic rings. The van der Waals surface area contributed by atoms with E-state index in [4.69, 9.17) is 0 Å². The van der Waals surface area contributed by atoms with Crippen LogP contribution in [0.25, 0.3) is 11.3 Å². The summed E-state index contributed by atoms with van der Waals surface area (Å²) in [6, 6.07) is 14.1.